The first-order valence-corrected chi connectivity index (χ1v) is 5.10. The third-order valence-electron chi connectivity index (χ3n) is 2.05. The molecule has 0 saturated carbocycles. The fraction of sp³-hybridized carbons (Fsp3) is 0.154. The van der Waals surface area contributed by atoms with Gasteiger partial charge in [0.05, 0.1) is 6.26 Å². The van der Waals surface area contributed by atoms with Gasteiger partial charge in [-0.2, -0.15) is 0 Å². The SMILES string of the molecule is C=COC(=O)c1cc(OC(O)C(=C)C)ccc1O. The van der Waals surface area contributed by atoms with Crippen molar-refractivity contribution in [1.82, 2.24) is 0 Å². The number of ether oxygens (including phenoxy) is 2. The van der Waals surface area contributed by atoms with Gasteiger partial charge in [-0.15, -0.1) is 0 Å². The maximum absolute atomic E-state index is 11.4. The number of carbonyl (C=O) groups excluding carboxylic acids is 1. The minimum Gasteiger partial charge on any atom is -0.507 e. The molecule has 18 heavy (non-hydrogen) atoms. The highest BCUT2D eigenvalue weighted by atomic mass is 16.6. The van der Waals surface area contributed by atoms with Crippen molar-refractivity contribution >= 4 is 5.97 Å². The number of esters is 1. The van der Waals surface area contributed by atoms with E-state index in [9.17, 15) is 15.0 Å². The lowest BCUT2D eigenvalue weighted by atomic mass is 10.2. The molecule has 0 aromatic heterocycles. The van der Waals surface area contributed by atoms with Crippen LogP contribution in [-0.4, -0.2) is 22.5 Å². The van der Waals surface area contributed by atoms with Crippen LogP contribution in [0.1, 0.15) is 17.3 Å². The second-order valence-corrected chi connectivity index (χ2v) is 3.57. The zero-order valence-electron chi connectivity index (χ0n) is 9.92. The van der Waals surface area contributed by atoms with Crippen LogP contribution in [-0.2, 0) is 4.74 Å². The number of phenolic OH excluding ortho intramolecular Hbond substituents is 1. The van der Waals surface area contributed by atoms with Gasteiger partial charge in [0.1, 0.15) is 17.1 Å². The second-order valence-electron chi connectivity index (χ2n) is 3.57. The molecule has 1 rings (SSSR count). The number of aliphatic hydroxyl groups excluding tert-OH is 1. The minimum absolute atomic E-state index is 0.0821. The first-order valence-electron chi connectivity index (χ1n) is 5.10. The molecule has 0 fully saturated rings. The number of hydrogen-bond acceptors (Lipinski definition) is 5. The molecule has 5 heteroatoms. The van der Waals surface area contributed by atoms with Crippen LogP contribution in [0.15, 0.2) is 43.2 Å². The molecule has 0 spiro atoms. The Balaban J connectivity index is 2.96. The molecule has 0 aliphatic heterocycles. The van der Waals surface area contributed by atoms with Crippen molar-refractivity contribution in [3.63, 3.8) is 0 Å². The summed E-state index contributed by atoms with van der Waals surface area (Å²) >= 11 is 0. The van der Waals surface area contributed by atoms with E-state index < -0.39 is 12.3 Å². The van der Waals surface area contributed by atoms with Crippen molar-refractivity contribution in [3.8, 4) is 11.5 Å². The molecule has 0 amide bonds. The van der Waals surface area contributed by atoms with Crippen molar-refractivity contribution in [2.75, 3.05) is 0 Å². The lowest BCUT2D eigenvalue weighted by Gasteiger charge is -2.14. The predicted octanol–water partition coefficient (Wildman–Crippen LogP) is 1.97. The fourth-order valence-corrected chi connectivity index (χ4v) is 1.12. The molecule has 0 heterocycles. The highest BCUT2D eigenvalue weighted by Gasteiger charge is 2.15. The molecule has 96 valence electrons. The number of phenols is 1. The van der Waals surface area contributed by atoms with Gasteiger partial charge in [-0.25, -0.2) is 4.79 Å². The largest absolute Gasteiger partial charge is 0.507 e. The molecule has 1 atom stereocenters. The summed E-state index contributed by atoms with van der Waals surface area (Å²) in [7, 11) is 0. The summed E-state index contributed by atoms with van der Waals surface area (Å²) in [6.07, 6.45) is -0.226. The van der Waals surface area contributed by atoms with Crippen LogP contribution in [0.4, 0.5) is 0 Å². The fourth-order valence-electron chi connectivity index (χ4n) is 1.12. The smallest absolute Gasteiger partial charge is 0.346 e. The van der Waals surface area contributed by atoms with Crippen molar-refractivity contribution in [1.29, 1.82) is 0 Å². The third kappa shape index (κ3) is 3.36. The van der Waals surface area contributed by atoms with Gasteiger partial charge in [-0.1, -0.05) is 13.2 Å². The molecule has 5 nitrogen and oxygen atoms in total. The monoisotopic (exact) mass is 250 g/mol. The third-order valence-corrected chi connectivity index (χ3v) is 2.05. The van der Waals surface area contributed by atoms with Gasteiger partial charge in [0.25, 0.3) is 0 Å². The van der Waals surface area contributed by atoms with E-state index in [1.54, 1.807) is 6.92 Å². The maximum Gasteiger partial charge on any atom is 0.346 e. The van der Waals surface area contributed by atoms with E-state index in [0.717, 1.165) is 6.26 Å². The normalized spacial score (nSPS) is 11.4. The van der Waals surface area contributed by atoms with E-state index in [1.807, 2.05) is 0 Å². The van der Waals surface area contributed by atoms with Crippen LogP contribution >= 0.6 is 0 Å². The molecule has 1 aromatic rings. The number of aromatic hydroxyl groups is 1. The Morgan fingerprint density at radius 2 is 2.17 bits per heavy atom. The van der Waals surface area contributed by atoms with E-state index in [0.29, 0.717) is 5.57 Å². The van der Waals surface area contributed by atoms with Gasteiger partial charge in [0.2, 0.25) is 6.29 Å². The van der Waals surface area contributed by atoms with Gasteiger partial charge in [-0.3, -0.25) is 0 Å². The Labute approximate surface area is 105 Å². The molecule has 1 unspecified atom stereocenters. The molecule has 1 aromatic carbocycles. The Hall–Kier alpha value is -2.27. The van der Waals surface area contributed by atoms with Crippen molar-refractivity contribution in [3.05, 3.63) is 48.8 Å². The molecular formula is C13H14O5. The number of hydrogen-bond donors (Lipinski definition) is 2. The lowest BCUT2D eigenvalue weighted by molar-refractivity contribution is 0.0149. The van der Waals surface area contributed by atoms with Crippen molar-refractivity contribution in [2.24, 2.45) is 0 Å². The highest BCUT2D eigenvalue weighted by Crippen LogP contribution is 2.25. The Morgan fingerprint density at radius 1 is 1.50 bits per heavy atom. The van der Waals surface area contributed by atoms with Crippen LogP contribution in [0.3, 0.4) is 0 Å². The Kier molecular flexibility index (Phi) is 4.51. The zero-order valence-corrected chi connectivity index (χ0v) is 9.92. The van der Waals surface area contributed by atoms with E-state index >= 15 is 0 Å². The average molecular weight is 250 g/mol. The van der Waals surface area contributed by atoms with Gasteiger partial charge in [-0.05, 0) is 30.7 Å². The highest BCUT2D eigenvalue weighted by molar-refractivity contribution is 5.93. The molecule has 0 radical (unpaired) electrons. The van der Waals surface area contributed by atoms with E-state index in [-0.39, 0.29) is 17.1 Å². The standard InChI is InChI=1S/C13H14O5/c1-4-17-13(16)10-7-9(5-6-11(10)14)18-12(15)8(2)3/h4-7,12,14-15H,1-2H2,3H3. The average Bonchev–Trinajstić information content (AvgIpc) is 2.31. The summed E-state index contributed by atoms with van der Waals surface area (Å²) in [5.41, 5.74) is 0.333. The quantitative estimate of drug-likeness (QED) is 0.361. The summed E-state index contributed by atoms with van der Waals surface area (Å²) < 4.78 is 9.66. The molecule has 0 bridgehead atoms. The van der Waals surface area contributed by atoms with Crippen LogP contribution in [0.5, 0.6) is 11.5 Å². The summed E-state index contributed by atoms with van der Waals surface area (Å²) in [5, 5.41) is 19.0. The van der Waals surface area contributed by atoms with Gasteiger partial charge in [0.15, 0.2) is 0 Å². The van der Waals surface area contributed by atoms with Crippen LogP contribution in [0.2, 0.25) is 0 Å². The predicted molar refractivity (Wildman–Crippen MR) is 65.2 cm³/mol. The Bertz CT molecular complexity index is 478. The topological polar surface area (TPSA) is 76.0 Å². The maximum atomic E-state index is 11.4. The van der Waals surface area contributed by atoms with Crippen LogP contribution in [0, 0.1) is 0 Å². The number of benzene rings is 1. The summed E-state index contributed by atoms with van der Waals surface area (Å²) in [6.45, 7) is 8.36. The molecule has 0 aliphatic rings. The first-order chi connectivity index (χ1) is 8.45. The lowest BCUT2D eigenvalue weighted by Crippen LogP contribution is -2.16. The summed E-state index contributed by atoms with van der Waals surface area (Å²) in [4.78, 5) is 11.4. The number of carbonyl (C=O) groups is 1. The van der Waals surface area contributed by atoms with Gasteiger partial charge >= 0.3 is 5.97 Å². The van der Waals surface area contributed by atoms with Crippen molar-refractivity contribution in [2.45, 2.75) is 13.2 Å². The summed E-state index contributed by atoms with van der Waals surface area (Å²) in [5.74, 6) is -0.809. The minimum atomic E-state index is -1.18. The number of rotatable bonds is 5. The zero-order chi connectivity index (χ0) is 13.7. The summed E-state index contributed by atoms with van der Waals surface area (Å²) in [6, 6.07) is 3.93. The number of aliphatic hydroxyl groups is 1. The van der Waals surface area contributed by atoms with E-state index in [2.05, 4.69) is 17.9 Å². The van der Waals surface area contributed by atoms with Crippen molar-refractivity contribution < 1.29 is 24.5 Å². The van der Waals surface area contributed by atoms with E-state index in [4.69, 9.17) is 4.74 Å². The molecule has 0 saturated heterocycles. The molecule has 2 N–H and O–H groups in total. The van der Waals surface area contributed by atoms with Crippen LogP contribution in [0.25, 0.3) is 0 Å². The van der Waals surface area contributed by atoms with Gasteiger partial charge < -0.3 is 19.7 Å². The Morgan fingerprint density at radius 3 is 2.72 bits per heavy atom. The van der Waals surface area contributed by atoms with Crippen LogP contribution < -0.4 is 4.74 Å². The molecular weight excluding hydrogens is 236 g/mol. The molecule has 0 aliphatic carbocycles. The van der Waals surface area contributed by atoms with Gasteiger partial charge in [0, 0.05) is 0 Å². The first kappa shape index (κ1) is 13.8. The van der Waals surface area contributed by atoms with E-state index in [1.165, 1.54) is 18.2 Å². The second kappa shape index (κ2) is 5.88.